The summed E-state index contributed by atoms with van der Waals surface area (Å²) in [6, 6.07) is 9.94. The Morgan fingerprint density at radius 1 is 1.35 bits per heavy atom. The molecule has 2 unspecified atom stereocenters. The molecule has 1 aliphatic heterocycles. The highest BCUT2D eigenvalue weighted by molar-refractivity contribution is 5.82. The number of aliphatic hydroxyl groups excluding tert-OH is 1. The van der Waals surface area contributed by atoms with E-state index in [0.717, 1.165) is 6.42 Å². The molecule has 0 spiro atoms. The van der Waals surface area contributed by atoms with Gasteiger partial charge in [-0.3, -0.25) is 9.69 Å². The lowest BCUT2D eigenvalue weighted by Crippen LogP contribution is -2.44. The number of β-amino-alcohol motifs (C(OH)–C–C–N with tert-alkyl or cyclic N) is 1. The molecule has 20 heavy (non-hydrogen) atoms. The first-order valence-corrected chi connectivity index (χ1v) is 7.30. The van der Waals surface area contributed by atoms with Crippen LogP contribution >= 0.6 is 0 Å². The first kappa shape index (κ1) is 15.0. The monoisotopic (exact) mass is 276 g/mol. The lowest BCUT2D eigenvalue weighted by atomic mass is 10.0. The fourth-order valence-corrected chi connectivity index (χ4v) is 2.66. The zero-order chi connectivity index (χ0) is 14.5. The number of rotatable bonds is 4. The van der Waals surface area contributed by atoms with Crippen LogP contribution in [0, 0.1) is 5.92 Å². The topological polar surface area (TPSA) is 52.6 Å². The smallest absolute Gasteiger partial charge is 0.237 e. The van der Waals surface area contributed by atoms with Gasteiger partial charge in [-0.05, 0) is 17.9 Å². The van der Waals surface area contributed by atoms with Crippen molar-refractivity contribution >= 4 is 5.91 Å². The van der Waals surface area contributed by atoms with Crippen molar-refractivity contribution in [2.45, 2.75) is 39.0 Å². The summed E-state index contributed by atoms with van der Waals surface area (Å²) in [5.41, 5.74) is 1.17. The zero-order valence-electron chi connectivity index (χ0n) is 12.2. The average molecular weight is 276 g/mol. The van der Waals surface area contributed by atoms with Gasteiger partial charge in [-0.25, -0.2) is 0 Å². The molecule has 0 aliphatic carbocycles. The number of nitrogens with one attached hydrogen (secondary N) is 1. The molecule has 1 aromatic rings. The number of carbonyl (C=O) groups is 1. The van der Waals surface area contributed by atoms with E-state index in [1.54, 1.807) is 0 Å². The highest BCUT2D eigenvalue weighted by Gasteiger charge is 2.31. The third-order valence-corrected chi connectivity index (χ3v) is 3.62. The second kappa shape index (κ2) is 6.86. The van der Waals surface area contributed by atoms with Crippen LogP contribution in [0.4, 0.5) is 0 Å². The van der Waals surface area contributed by atoms with Crippen molar-refractivity contribution in [1.29, 1.82) is 0 Å². The van der Waals surface area contributed by atoms with Crippen LogP contribution in [0.25, 0.3) is 0 Å². The van der Waals surface area contributed by atoms with Gasteiger partial charge in [0.2, 0.25) is 5.91 Å². The maximum atomic E-state index is 12.2. The van der Waals surface area contributed by atoms with E-state index < -0.39 is 6.10 Å². The van der Waals surface area contributed by atoms with Gasteiger partial charge < -0.3 is 10.4 Å². The summed E-state index contributed by atoms with van der Waals surface area (Å²) in [7, 11) is 0. The molecule has 1 amide bonds. The Hall–Kier alpha value is -1.39. The predicted molar refractivity (Wildman–Crippen MR) is 79.1 cm³/mol. The van der Waals surface area contributed by atoms with E-state index in [0.29, 0.717) is 25.6 Å². The molecule has 1 aliphatic rings. The van der Waals surface area contributed by atoms with Crippen molar-refractivity contribution in [1.82, 2.24) is 10.2 Å². The minimum Gasteiger partial charge on any atom is -0.390 e. The largest absolute Gasteiger partial charge is 0.390 e. The molecule has 0 radical (unpaired) electrons. The van der Waals surface area contributed by atoms with Crippen molar-refractivity contribution in [2.75, 3.05) is 13.1 Å². The van der Waals surface area contributed by atoms with E-state index in [4.69, 9.17) is 0 Å². The molecule has 0 aromatic heterocycles. The maximum Gasteiger partial charge on any atom is 0.237 e. The van der Waals surface area contributed by atoms with Crippen LogP contribution in [0.1, 0.15) is 25.8 Å². The predicted octanol–water partition coefficient (Wildman–Crippen LogP) is 1.39. The van der Waals surface area contributed by atoms with Crippen molar-refractivity contribution in [3.63, 3.8) is 0 Å². The Morgan fingerprint density at radius 2 is 2.05 bits per heavy atom. The fraction of sp³-hybridized carbons (Fsp3) is 0.562. The minimum absolute atomic E-state index is 0.0335. The minimum atomic E-state index is -0.500. The SMILES string of the molecule is CC(C)CC1C(=O)NCC(O)CN1Cc1ccccc1. The Labute approximate surface area is 120 Å². The normalized spacial score (nSPS) is 24.5. The molecule has 2 atom stereocenters. The van der Waals surface area contributed by atoms with Crippen LogP contribution in [0.3, 0.4) is 0 Å². The van der Waals surface area contributed by atoms with Crippen LogP contribution in [0.2, 0.25) is 0 Å². The van der Waals surface area contributed by atoms with Gasteiger partial charge in [0.05, 0.1) is 12.1 Å². The highest BCUT2D eigenvalue weighted by Crippen LogP contribution is 2.17. The van der Waals surface area contributed by atoms with E-state index in [9.17, 15) is 9.90 Å². The van der Waals surface area contributed by atoms with Crippen LogP contribution in [0.5, 0.6) is 0 Å². The van der Waals surface area contributed by atoms with E-state index in [-0.39, 0.29) is 11.9 Å². The molecule has 110 valence electrons. The number of hydrogen-bond acceptors (Lipinski definition) is 3. The zero-order valence-corrected chi connectivity index (χ0v) is 12.2. The van der Waals surface area contributed by atoms with Gasteiger partial charge in [0, 0.05) is 19.6 Å². The van der Waals surface area contributed by atoms with Gasteiger partial charge in [0.15, 0.2) is 0 Å². The summed E-state index contributed by atoms with van der Waals surface area (Å²) in [4.78, 5) is 14.3. The lowest BCUT2D eigenvalue weighted by molar-refractivity contribution is -0.126. The van der Waals surface area contributed by atoms with Crippen molar-refractivity contribution in [3.05, 3.63) is 35.9 Å². The second-order valence-electron chi connectivity index (χ2n) is 5.96. The fourth-order valence-electron chi connectivity index (χ4n) is 2.66. The number of benzene rings is 1. The van der Waals surface area contributed by atoms with E-state index in [1.165, 1.54) is 5.56 Å². The lowest BCUT2D eigenvalue weighted by Gasteiger charge is -2.30. The second-order valence-corrected chi connectivity index (χ2v) is 5.96. The quantitative estimate of drug-likeness (QED) is 0.874. The third-order valence-electron chi connectivity index (χ3n) is 3.62. The van der Waals surface area contributed by atoms with Gasteiger partial charge in [0.25, 0.3) is 0 Å². The van der Waals surface area contributed by atoms with Crippen molar-refractivity contribution in [2.24, 2.45) is 5.92 Å². The van der Waals surface area contributed by atoms with Crippen LogP contribution < -0.4 is 5.32 Å². The molecular formula is C16H24N2O2. The molecule has 0 saturated carbocycles. The first-order valence-electron chi connectivity index (χ1n) is 7.30. The van der Waals surface area contributed by atoms with E-state index in [2.05, 4.69) is 36.2 Å². The Bertz CT molecular complexity index is 433. The summed E-state index contributed by atoms with van der Waals surface area (Å²) >= 11 is 0. The van der Waals surface area contributed by atoms with Gasteiger partial charge >= 0.3 is 0 Å². The van der Waals surface area contributed by atoms with Crippen molar-refractivity contribution in [3.8, 4) is 0 Å². The molecule has 0 bridgehead atoms. The summed E-state index contributed by atoms with van der Waals surface area (Å²) in [5, 5.41) is 12.8. The molecule has 1 heterocycles. The van der Waals surface area contributed by atoms with Crippen LogP contribution in [-0.4, -0.2) is 41.1 Å². The summed E-state index contributed by atoms with van der Waals surface area (Å²) in [6.07, 6.45) is 0.311. The summed E-state index contributed by atoms with van der Waals surface area (Å²) in [5.74, 6) is 0.477. The average Bonchev–Trinajstić information content (AvgIpc) is 2.53. The molecule has 4 heteroatoms. The van der Waals surface area contributed by atoms with E-state index in [1.807, 2.05) is 18.2 Å². The molecule has 2 rings (SSSR count). The number of nitrogens with zero attached hydrogens (tertiary/aromatic N) is 1. The molecule has 4 nitrogen and oxygen atoms in total. The number of hydrogen-bond donors (Lipinski definition) is 2. The van der Waals surface area contributed by atoms with E-state index >= 15 is 0 Å². The van der Waals surface area contributed by atoms with Gasteiger partial charge in [0.1, 0.15) is 0 Å². The third kappa shape index (κ3) is 4.05. The number of amides is 1. The molecular weight excluding hydrogens is 252 g/mol. The van der Waals surface area contributed by atoms with Gasteiger partial charge in [-0.15, -0.1) is 0 Å². The molecule has 1 aromatic carbocycles. The van der Waals surface area contributed by atoms with Gasteiger partial charge in [-0.1, -0.05) is 44.2 Å². The maximum absolute atomic E-state index is 12.2. The molecule has 1 saturated heterocycles. The first-order chi connectivity index (χ1) is 9.56. The standard InChI is InChI=1S/C16H24N2O2/c1-12(2)8-15-16(20)17-9-14(19)11-18(15)10-13-6-4-3-5-7-13/h3-7,12,14-15,19H,8-11H2,1-2H3,(H,17,20). The molecule has 1 fully saturated rings. The van der Waals surface area contributed by atoms with Crippen molar-refractivity contribution < 1.29 is 9.90 Å². The van der Waals surface area contributed by atoms with Crippen LogP contribution in [-0.2, 0) is 11.3 Å². The summed E-state index contributed by atoms with van der Waals surface area (Å²) < 4.78 is 0. The Kier molecular flexibility index (Phi) is 5.15. The van der Waals surface area contributed by atoms with Gasteiger partial charge in [-0.2, -0.15) is 0 Å². The number of aliphatic hydroxyl groups is 1. The Balaban J connectivity index is 2.16. The molecule has 2 N–H and O–H groups in total. The van der Waals surface area contributed by atoms with Crippen LogP contribution in [0.15, 0.2) is 30.3 Å². The Morgan fingerprint density at radius 3 is 2.70 bits per heavy atom. The number of carbonyl (C=O) groups excluding carboxylic acids is 1. The highest BCUT2D eigenvalue weighted by atomic mass is 16.3. The summed E-state index contributed by atoms with van der Waals surface area (Å²) in [6.45, 7) is 5.82.